The van der Waals surface area contributed by atoms with Gasteiger partial charge in [0.15, 0.2) is 23.6 Å². The normalized spacial score (nSPS) is 14.1. The number of aromatic nitrogens is 2. The topological polar surface area (TPSA) is 169 Å². The van der Waals surface area contributed by atoms with Gasteiger partial charge >= 0.3 is 11.9 Å². The third kappa shape index (κ3) is 10.7. The van der Waals surface area contributed by atoms with E-state index in [1.165, 1.54) is 0 Å². The van der Waals surface area contributed by atoms with Gasteiger partial charge in [-0.3, -0.25) is 14.9 Å². The molecule has 2 N–H and O–H groups in total. The van der Waals surface area contributed by atoms with Gasteiger partial charge in [0.1, 0.15) is 31.0 Å². The van der Waals surface area contributed by atoms with E-state index in [1.807, 2.05) is 53.4 Å². The number of methoxy groups -OCH3 is 2. The molecular weight excluding hydrogens is 620 g/mol. The number of benzene rings is 2. The number of carbonyl (C=O) groups is 2. The average molecular weight is 663 g/mol. The Morgan fingerprint density at radius 3 is 2.10 bits per heavy atom. The van der Waals surface area contributed by atoms with E-state index in [4.69, 9.17) is 28.7 Å². The van der Waals surface area contributed by atoms with Crippen molar-refractivity contribution in [3.8, 4) is 6.07 Å². The highest BCUT2D eigenvalue weighted by atomic mass is 16.5. The first kappa shape index (κ1) is 36.2. The quantitative estimate of drug-likeness (QED) is 0.150. The van der Waals surface area contributed by atoms with Crippen molar-refractivity contribution in [1.82, 2.24) is 15.3 Å². The standard InChI is InChI=1S/C34H42N6O8/c1-44-17-13-39(14-18-45-2)31-28(22-35)36-32(40-15-19-46-20-16-40)30(38-31)33(42)37-27(34(43)48-24-26-11-7-4-8-12-26)21-29(41)47-23-25-9-5-3-6-10-25/h3-12,27,33,37,42H,13-21,23-24H2,1-2H3. The second-order valence-corrected chi connectivity index (χ2v) is 10.9. The molecule has 1 fully saturated rings. The Labute approximate surface area is 280 Å². The molecule has 2 atom stereocenters. The fourth-order valence-corrected chi connectivity index (χ4v) is 4.92. The van der Waals surface area contributed by atoms with Crippen molar-refractivity contribution in [3.05, 3.63) is 83.2 Å². The van der Waals surface area contributed by atoms with E-state index in [2.05, 4.69) is 16.4 Å². The number of anilines is 2. The van der Waals surface area contributed by atoms with E-state index in [-0.39, 0.29) is 36.2 Å². The number of nitrogens with zero attached hydrogens (tertiary/aromatic N) is 5. The monoisotopic (exact) mass is 662 g/mol. The summed E-state index contributed by atoms with van der Waals surface area (Å²) in [7, 11) is 3.13. The van der Waals surface area contributed by atoms with Crippen LogP contribution in [0.15, 0.2) is 60.7 Å². The first-order chi connectivity index (χ1) is 23.4. The van der Waals surface area contributed by atoms with E-state index in [0.717, 1.165) is 11.1 Å². The van der Waals surface area contributed by atoms with Crippen LogP contribution in [0.3, 0.4) is 0 Å². The lowest BCUT2D eigenvalue weighted by atomic mass is 10.1. The van der Waals surface area contributed by atoms with Gasteiger partial charge in [-0.05, 0) is 11.1 Å². The zero-order valence-corrected chi connectivity index (χ0v) is 27.2. The number of carbonyl (C=O) groups excluding carboxylic acids is 2. The van der Waals surface area contributed by atoms with Crippen molar-refractivity contribution in [2.45, 2.75) is 31.9 Å². The van der Waals surface area contributed by atoms with Crippen LogP contribution in [0, 0.1) is 11.3 Å². The van der Waals surface area contributed by atoms with E-state index < -0.39 is 30.6 Å². The molecule has 1 aliphatic rings. The fourth-order valence-electron chi connectivity index (χ4n) is 4.92. The number of morpholine rings is 1. The predicted octanol–water partition coefficient (Wildman–Crippen LogP) is 2.11. The van der Waals surface area contributed by atoms with Crippen molar-refractivity contribution in [2.24, 2.45) is 0 Å². The molecule has 2 aromatic carbocycles. The Hall–Kier alpha value is -4.65. The highest BCUT2D eigenvalue weighted by Crippen LogP contribution is 2.28. The van der Waals surface area contributed by atoms with E-state index >= 15 is 0 Å². The molecule has 0 amide bonds. The van der Waals surface area contributed by atoms with Gasteiger partial charge in [0.2, 0.25) is 0 Å². The summed E-state index contributed by atoms with van der Waals surface area (Å²) in [6, 6.07) is 19.1. The maximum Gasteiger partial charge on any atom is 0.324 e. The second kappa shape index (κ2) is 19.2. The van der Waals surface area contributed by atoms with Crippen LogP contribution >= 0.6 is 0 Å². The highest BCUT2D eigenvalue weighted by Gasteiger charge is 2.32. The molecule has 0 aliphatic carbocycles. The zero-order valence-electron chi connectivity index (χ0n) is 27.2. The average Bonchev–Trinajstić information content (AvgIpc) is 3.13. The summed E-state index contributed by atoms with van der Waals surface area (Å²) >= 11 is 0. The van der Waals surface area contributed by atoms with E-state index in [9.17, 15) is 20.0 Å². The largest absolute Gasteiger partial charge is 0.461 e. The molecule has 14 heteroatoms. The van der Waals surface area contributed by atoms with Crippen molar-refractivity contribution >= 4 is 23.6 Å². The number of rotatable bonds is 18. The van der Waals surface area contributed by atoms with Gasteiger partial charge in [0.25, 0.3) is 0 Å². The number of ether oxygens (including phenoxy) is 5. The van der Waals surface area contributed by atoms with Gasteiger partial charge in [0, 0.05) is 40.4 Å². The lowest BCUT2D eigenvalue weighted by molar-refractivity contribution is -0.155. The summed E-state index contributed by atoms with van der Waals surface area (Å²) in [6.07, 6.45) is -2.04. The Kier molecular flexibility index (Phi) is 14.5. The molecule has 0 bridgehead atoms. The molecule has 4 rings (SSSR count). The summed E-state index contributed by atoms with van der Waals surface area (Å²) in [5.41, 5.74) is 1.64. The van der Waals surface area contributed by atoms with Crippen LogP contribution in [-0.2, 0) is 46.5 Å². The molecule has 0 saturated carbocycles. The number of aliphatic hydroxyl groups is 1. The predicted molar refractivity (Wildman–Crippen MR) is 175 cm³/mol. The van der Waals surface area contributed by atoms with Gasteiger partial charge in [0.05, 0.1) is 32.8 Å². The number of esters is 2. The lowest BCUT2D eigenvalue weighted by Gasteiger charge is -2.32. The van der Waals surface area contributed by atoms with E-state index in [0.29, 0.717) is 52.6 Å². The minimum Gasteiger partial charge on any atom is -0.461 e. The van der Waals surface area contributed by atoms with Crippen LogP contribution in [0.1, 0.15) is 35.2 Å². The van der Waals surface area contributed by atoms with Gasteiger partial charge in [-0.15, -0.1) is 0 Å². The molecular formula is C34H42N6O8. The molecule has 1 aromatic heterocycles. The van der Waals surface area contributed by atoms with Gasteiger partial charge in [-0.25, -0.2) is 9.97 Å². The lowest BCUT2D eigenvalue weighted by Crippen LogP contribution is -2.44. The first-order valence-electron chi connectivity index (χ1n) is 15.6. The van der Waals surface area contributed by atoms with Crippen molar-refractivity contribution in [2.75, 3.05) is 76.6 Å². The Morgan fingerprint density at radius 2 is 1.54 bits per heavy atom. The Balaban J connectivity index is 1.64. The summed E-state index contributed by atoms with van der Waals surface area (Å²) in [4.78, 5) is 39.5. The van der Waals surface area contributed by atoms with Crippen LogP contribution in [-0.4, -0.2) is 99.9 Å². The fraction of sp³-hybridized carbons (Fsp3) is 0.441. The number of nitrogens with one attached hydrogen (secondary N) is 1. The van der Waals surface area contributed by atoms with Gasteiger partial charge in [-0.2, -0.15) is 5.26 Å². The van der Waals surface area contributed by atoms with E-state index in [1.54, 1.807) is 31.3 Å². The molecule has 1 saturated heterocycles. The molecule has 48 heavy (non-hydrogen) atoms. The van der Waals surface area contributed by atoms with Crippen molar-refractivity contribution < 1.29 is 38.4 Å². The summed E-state index contributed by atoms with van der Waals surface area (Å²) < 4.78 is 27.1. The molecule has 2 heterocycles. The van der Waals surface area contributed by atoms with Crippen molar-refractivity contribution in [3.63, 3.8) is 0 Å². The number of aliphatic hydroxyl groups excluding tert-OH is 1. The summed E-state index contributed by atoms with van der Waals surface area (Å²) in [5, 5.41) is 24.6. The number of hydrogen-bond donors (Lipinski definition) is 2. The van der Waals surface area contributed by atoms with Crippen molar-refractivity contribution in [1.29, 1.82) is 5.26 Å². The minimum absolute atomic E-state index is 0.0123. The third-order valence-corrected chi connectivity index (χ3v) is 7.47. The summed E-state index contributed by atoms with van der Waals surface area (Å²) in [6.45, 7) is 3.05. The van der Waals surface area contributed by atoms with Crippen LogP contribution in [0.2, 0.25) is 0 Å². The van der Waals surface area contributed by atoms with Gasteiger partial charge in [-0.1, -0.05) is 60.7 Å². The Bertz CT molecular complexity index is 1480. The van der Waals surface area contributed by atoms with Gasteiger partial charge < -0.3 is 38.6 Å². The number of nitriles is 1. The molecule has 3 aromatic rings. The third-order valence-electron chi connectivity index (χ3n) is 7.47. The van der Waals surface area contributed by atoms with Crippen LogP contribution in [0.4, 0.5) is 11.6 Å². The Morgan fingerprint density at radius 1 is 0.958 bits per heavy atom. The molecule has 0 spiro atoms. The molecule has 14 nitrogen and oxygen atoms in total. The first-order valence-corrected chi connectivity index (χ1v) is 15.6. The minimum atomic E-state index is -1.61. The smallest absolute Gasteiger partial charge is 0.324 e. The van der Waals surface area contributed by atoms with Crippen LogP contribution in [0.5, 0.6) is 0 Å². The maximum atomic E-state index is 13.4. The highest BCUT2D eigenvalue weighted by molar-refractivity contribution is 5.82. The zero-order chi connectivity index (χ0) is 34.1. The molecule has 256 valence electrons. The molecule has 0 radical (unpaired) electrons. The summed E-state index contributed by atoms with van der Waals surface area (Å²) in [5.74, 6) is -0.985. The maximum absolute atomic E-state index is 13.4. The second-order valence-electron chi connectivity index (χ2n) is 10.9. The number of hydrogen-bond acceptors (Lipinski definition) is 14. The SMILES string of the molecule is COCCN(CCOC)c1nc(C(O)NC(CC(=O)OCc2ccccc2)C(=O)OCc2ccccc2)c(N2CCOCC2)nc1C#N. The van der Waals surface area contributed by atoms with Crippen LogP contribution < -0.4 is 15.1 Å². The molecule has 2 unspecified atom stereocenters. The van der Waals surface area contributed by atoms with Crippen LogP contribution in [0.25, 0.3) is 0 Å². The molecule has 1 aliphatic heterocycles.